The highest BCUT2D eigenvalue weighted by atomic mass is 16.5. The second-order valence-electron chi connectivity index (χ2n) is 6.82. The minimum Gasteiger partial charge on any atom is -0.378 e. The van der Waals surface area contributed by atoms with Crippen LogP contribution in [0.5, 0.6) is 0 Å². The first kappa shape index (κ1) is 20.0. The van der Waals surface area contributed by atoms with Crippen molar-refractivity contribution in [3.8, 4) is 0 Å². The summed E-state index contributed by atoms with van der Waals surface area (Å²) in [5.74, 6) is 0. The zero-order valence-electron chi connectivity index (χ0n) is 15.0. The number of hydrogen-bond acceptors (Lipinski definition) is 2. The minimum atomic E-state index is 0.481. The summed E-state index contributed by atoms with van der Waals surface area (Å²) in [4.78, 5) is 0. The highest BCUT2D eigenvalue weighted by Crippen LogP contribution is 2.24. The third kappa shape index (κ3) is 10.6. The van der Waals surface area contributed by atoms with Crippen LogP contribution < -0.4 is 0 Å². The van der Waals surface area contributed by atoms with Crippen LogP contribution in [0, 0.1) is 6.92 Å². The molecule has 0 unspecified atom stereocenters. The van der Waals surface area contributed by atoms with E-state index >= 15 is 0 Å². The monoisotopic (exact) mass is 311 g/mol. The topological polar surface area (TPSA) is 18.5 Å². The maximum absolute atomic E-state index is 6.04. The molecule has 0 aromatic carbocycles. The molecule has 2 nitrogen and oxygen atoms in total. The molecule has 22 heavy (non-hydrogen) atoms. The summed E-state index contributed by atoms with van der Waals surface area (Å²) in [6, 6.07) is 0. The van der Waals surface area contributed by atoms with Crippen LogP contribution in [0.15, 0.2) is 0 Å². The Morgan fingerprint density at radius 2 is 1.14 bits per heavy atom. The lowest BCUT2D eigenvalue weighted by Crippen LogP contribution is -2.27. The number of ether oxygens (including phenoxy) is 2. The lowest BCUT2D eigenvalue weighted by Gasteiger charge is -2.28. The second kappa shape index (κ2) is 14.5. The molecule has 131 valence electrons. The van der Waals surface area contributed by atoms with Crippen LogP contribution in [0.2, 0.25) is 0 Å². The molecule has 1 saturated carbocycles. The fraction of sp³-hybridized carbons (Fsp3) is 0.950. The molecule has 0 aromatic rings. The van der Waals surface area contributed by atoms with Crippen molar-refractivity contribution in [2.45, 2.75) is 109 Å². The second-order valence-corrected chi connectivity index (χ2v) is 6.82. The molecular weight excluding hydrogens is 272 g/mol. The maximum atomic E-state index is 6.04. The van der Waals surface area contributed by atoms with Gasteiger partial charge in [-0.25, -0.2) is 0 Å². The van der Waals surface area contributed by atoms with Crippen LogP contribution in [0.3, 0.4) is 0 Å². The van der Waals surface area contributed by atoms with Gasteiger partial charge in [-0.1, -0.05) is 65.2 Å². The van der Waals surface area contributed by atoms with Crippen LogP contribution in [0.1, 0.15) is 96.8 Å². The normalized spacial score (nSPS) is 22.1. The summed E-state index contributed by atoms with van der Waals surface area (Å²) in [6.07, 6.45) is 18.8. The third-order valence-electron chi connectivity index (χ3n) is 4.72. The van der Waals surface area contributed by atoms with Crippen LogP contribution >= 0.6 is 0 Å². The van der Waals surface area contributed by atoms with Gasteiger partial charge in [0.05, 0.1) is 12.2 Å². The van der Waals surface area contributed by atoms with Crippen LogP contribution in [0.4, 0.5) is 0 Å². The summed E-state index contributed by atoms with van der Waals surface area (Å²) in [6.45, 7) is 7.98. The predicted octanol–water partition coefficient (Wildman–Crippen LogP) is 6.09. The van der Waals surface area contributed by atoms with E-state index in [-0.39, 0.29) is 0 Å². The summed E-state index contributed by atoms with van der Waals surface area (Å²) in [5.41, 5.74) is 0. The van der Waals surface area contributed by atoms with Gasteiger partial charge in [-0.2, -0.15) is 0 Å². The van der Waals surface area contributed by atoms with Crippen molar-refractivity contribution in [3.63, 3.8) is 0 Å². The average Bonchev–Trinajstić information content (AvgIpc) is 2.55. The lowest BCUT2D eigenvalue weighted by molar-refractivity contribution is -0.0322. The Morgan fingerprint density at radius 3 is 1.64 bits per heavy atom. The zero-order valence-corrected chi connectivity index (χ0v) is 15.0. The molecule has 0 spiro atoms. The van der Waals surface area contributed by atoms with Gasteiger partial charge in [0.1, 0.15) is 0 Å². The lowest BCUT2D eigenvalue weighted by atomic mass is 9.95. The standard InChI is InChI=1S/C20H39O2/c1-3-5-7-8-9-10-11-12-18-22-20-15-13-19(14-16-20)21-17-6-4-2/h19-20H,2-18H2,1H3. The first-order valence-corrected chi connectivity index (χ1v) is 9.89. The van der Waals surface area contributed by atoms with Gasteiger partial charge in [-0.05, 0) is 38.5 Å². The maximum Gasteiger partial charge on any atom is 0.0577 e. The fourth-order valence-electron chi connectivity index (χ4n) is 3.20. The Morgan fingerprint density at radius 1 is 0.682 bits per heavy atom. The highest BCUT2D eigenvalue weighted by Gasteiger charge is 2.21. The van der Waals surface area contributed by atoms with E-state index in [0.29, 0.717) is 12.2 Å². The predicted molar refractivity (Wildman–Crippen MR) is 95.1 cm³/mol. The summed E-state index contributed by atoms with van der Waals surface area (Å²) < 4.78 is 11.9. The summed E-state index contributed by atoms with van der Waals surface area (Å²) >= 11 is 0. The smallest absolute Gasteiger partial charge is 0.0577 e. The van der Waals surface area contributed by atoms with Crippen molar-refractivity contribution in [2.75, 3.05) is 13.2 Å². The minimum absolute atomic E-state index is 0.481. The Balaban J connectivity index is 1.84. The van der Waals surface area contributed by atoms with Gasteiger partial charge in [-0.15, -0.1) is 0 Å². The van der Waals surface area contributed by atoms with Gasteiger partial charge in [0.25, 0.3) is 0 Å². The molecule has 0 atom stereocenters. The molecule has 1 fully saturated rings. The first-order valence-electron chi connectivity index (χ1n) is 9.89. The van der Waals surface area contributed by atoms with Crippen LogP contribution in [0.25, 0.3) is 0 Å². The van der Waals surface area contributed by atoms with E-state index in [1.807, 2.05) is 0 Å². The van der Waals surface area contributed by atoms with Gasteiger partial charge in [0.15, 0.2) is 0 Å². The quantitative estimate of drug-likeness (QED) is 0.362. The molecule has 0 aromatic heterocycles. The zero-order chi connectivity index (χ0) is 15.9. The number of unbranched alkanes of at least 4 members (excludes halogenated alkanes) is 8. The SMILES string of the molecule is [CH2]CCCOC1CCC(OCCCCCCCCCC)CC1. The van der Waals surface area contributed by atoms with Crippen LogP contribution in [-0.2, 0) is 9.47 Å². The van der Waals surface area contributed by atoms with E-state index in [2.05, 4.69) is 13.8 Å². The highest BCUT2D eigenvalue weighted by molar-refractivity contribution is 4.73. The molecule has 0 saturated heterocycles. The molecule has 0 heterocycles. The molecule has 1 radical (unpaired) electrons. The third-order valence-corrected chi connectivity index (χ3v) is 4.72. The van der Waals surface area contributed by atoms with Gasteiger partial charge >= 0.3 is 0 Å². The first-order chi connectivity index (χ1) is 10.9. The van der Waals surface area contributed by atoms with E-state index in [0.717, 1.165) is 26.1 Å². The van der Waals surface area contributed by atoms with Gasteiger partial charge in [-0.3, -0.25) is 0 Å². The average molecular weight is 312 g/mol. The van der Waals surface area contributed by atoms with Crippen molar-refractivity contribution < 1.29 is 9.47 Å². The summed E-state index contributed by atoms with van der Waals surface area (Å²) in [7, 11) is 0. The number of hydrogen-bond donors (Lipinski definition) is 0. The molecule has 0 N–H and O–H groups in total. The molecule has 1 rings (SSSR count). The Hall–Kier alpha value is -0.0800. The van der Waals surface area contributed by atoms with E-state index < -0.39 is 0 Å². The van der Waals surface area contributed by atoms with Crippen molar-refractivity contribution in [1.82, 2.24) is 0 Å². The van der Waals surface area contributed by atoms with E-state index in [4.69, 9.17) is 9.47 Å². The van der Waals surface area contributed by atoms with Crippen molar-refractivity contribution in [1.29, 1.82) is 0 Å². The molecule has 0 aliphatic heterocycles. The molecule has 0 amide bonds. The molecular formula is C20H39O2. The van der Waals surface area contributed by atoms with Gasteiger partial charge in [0, 0.05) is 13.2 Å². The number of rotatable bonds is 14. The molecule has 0 bridgehead atoms. The fourth-order valence-corrected chi connectivity index (χ4v) is 3.20. The Kier molecular flexibility index (Phi) is 13.2. The van der Waals surface area contributed by atoms with E-state index in [1.54, 1.807) is 0 Å². The molecule has 2 heteroatoms. The van der Waals surface area contributed by atoms with Crippen molar-refractivity contribution in [2.24, 2.45) is 0 Å². The van der Waals surface area contributed by atoms with Gasteiger partial charge in [0.2, 0.25) is 0 Å². The van der Waals surface area contributed by atoms with Gasteiger partial charge < -0.3 is 9.47 Å². The Labute approximate surface area is 139 Å². The largest absolute Gasteiger partial charge is 0.378 e. The van der Waals surface area contributed by atoms with Crippen LogP contribution in [-0.4, -0.2) is 25.4 Å². The van der Waals surface area contributed by atoms with E-state index in [1.165, 1.54) is 77.0 Å². The van der Waals surface area contributed by atoms with Crippen molar-refractivity contribution in [3.05, 3.63) is 6.92 Å². The molecule has 1 aliphatic rings. The molecule has 1 aliphatic carbocycles. The summed E-state index contributed by atoms with van der Waals surface area (Å²) in [5, 5.41) is 0. The Bertz CT molecular complexity index is 222. The van der Waals surface area contributed by atoms with Crippen molar-refractivity contribution >= 4 is 0 Å². The van der Waals surface area contributed by atoms with E-state index in [9.17, 15) is 0 Å².